The van der Waals surface area contributed by atoms with Gasteiger partial charge in [0.05, 0.1) is 24.7 Å². The third-order valence-electron chi connectivity index (χ3n) is 5.52. The summed E-state index contributed by atoms with van der Waals surface area (Å²) in [6, 6.07) is 7.44. The highest BCUT2D eigenvalue weighted by atomic mass is 32.2. The zero-order valence-electron chi connectivity index (χ0n) is 18.6. The van der Waals surface area contributed by atoms with Gasteiger partial charge in [0.25, 0.3) is 0 Å². The number of nitrogens with zero attached hydrogens (tertiary/aromatic N) is 5. The summed E-state index contributed by atoms with van der Waals surface area (Å²) < 4.78 is 60.8. The second kappa shape index (κ2) is 9.79. The summed E-state index contributed by atoms with van der Waals surface area (Å²) in [4.78, 5) is 14.9. The van der Waals surface area contributed by atoms with E-state index in [-0.39, 0.29) is 22.8 Å². The highest BCUT2D eigenvalue weighted by molar-refractivity contribution is 7.99. The lowest BCUT2D eigenvalue weighted by atomic mass is 10.2. The van der Waals surface area contributed by atoms with E-state index in [1.54, 1.807) is 16.7 Å². The van der Waals surface area contributed by atoms with Gasteiger partial charge in [0.1, 0.15) is 12.4 Å². The van der Waals surface area contributed by atoms with Crippen LogP contribution in [0, 0.1) is 19.7 Å². The van der Waals surface area contributed by atoms with Crippen LogP contribution in [0.3, 0.4) is 0 Å². The molecule has 0 aliphatic carbocycles. The van der Waals surface area contributed by atoms with Crippen molar-refractivity contribution < 1.29 is 27.1 Å². The number of morpholine rings is 1. The predicted molar refractivity (Wildman–Crippen MR) is 119 cm³/mol. The molecule has 12 heteroatoms. The average Bonchev–Trinajstić information content (AvgIpc) is 3.34. The van der Waals surface area contributed by atoms with E-state index < -0.39 is 18.5 Å². The zero-order valence-corrected chi connectivity index (χ0v) is 19.4. The number of anilines is 1. The number of carbonyl (C=O) groups is 1. The number of benzene rings is 1. The first kappa shape index (κ1) is 24.3. The second-order valence-corrected chi connectivity index (χ2v) is 8.84. The van der Waals surface area contributed by atoms with Gasteiger partial charge in [0.2, 0.25) is 5.95 Å². The van der Waals surface area contributed by atoms with Crippen LogP contribution in [0.5, 0.6) is 0 Å². The van der Waals surface area contributed by atoms with Gasteiger partial charge in [-0.25, -0.2) is 4.39 Å². The van der Waals surface area contributed by atoms with Crippen molar-refractivity contribution in [3.05, 3.63) is 53.1 Å². The van der Waals surface area contributed by atoms with Gasteiger partial charge in [-0.05, 0) is 38.1 Å². The number of alkyl halides is 3. The van der Waals surface area contributed by atoms with Gasteiger partial charge < -0.3 is 14.2 Å². The van der Waals surface area contributed by atoms with Crippen molar-refractivity contribution in [1.82, 2.24) is 19.3 Å². The van der Waals surface area contributed by atoms with Crippen LogP contribution in [-0.2, 0) is 11.3 Å². The van der Waals surface area contributed by atoms with E-state index in [0.29, 0.717) is 48.8 Å². The Kier molecular flexibility index (Phi) is 6.99. The van der Waals surface area contributed by atoms with Gasteiger partial charge >= 0.3 is 6.18 Å². The molecule has 1 aliphatic rings. The van der Waals surface area contributed by atoms with Crippen molar-refractivity contribution in [2.45, 2.75) is 31.7 Å². The number of ketones is 1. The van der Waals surface area contributed by atoms with Gasteiger partial charge in [-0.3, -0.25) is 9.36 Å². The largest absolute Gasteiger partial charge is 0.406 e. The Hall–Kier alpha value is -2.86. The predicted octanol–water partition coefficient (Wildman–Crippen LogP) is 4.20. The Labute approximate surface area is 197 Å². The number of carbonyl (C=O) groups excluding carboxylic acids is 1. The molecule has 7 nitrogen and oxygen atoms in total. The number of thioether (sulfide) groups is 1. The van der Waals surface area contributed by atoms with E-state index in [0.717, 1.165) is 16.3 Å². The van der Waals surface area contributed by atoms with Crippen molar-refractivity contribution in [2.75, 3.05) is 37.0 Å². The number of hydrogen-bond donors (Lipinski definition) is 0. The Balaban J connectivity index is 1.59. The van der Waals surface area contributed by atoms with Gasteiger partial charge in [0, 0.05) is 30.0 Å². The normalized spacial score (nSPS) is 14.6. The van der Waals surface area contributed by atoms with E-state index in [1.165, 1.54) is 32.0 Å². The second-order valence-electron chi connectivity index (χ2n) is 7.90. The summed E-state index contributed by atoms with van der Waals surface area (Å²) in [7, 11) is 0. The van der Waals surface area contributed by atoms with Crippen LogP contribution in [0.4, 0.5) is 23.5 Å². The molecule has 0 spiro atoms. The van der Waals surface area contributed by atoms with E-state index in [2.05, 4.69) is 10.2 Å². The maximum Gasteiger partial charge on any atom is 0.406 e. The van der Waals surface area contributed by atoms with Crippen molar-refractivity contribution in [3.8, 4) is 5.69 Å². The molecule has 4 rings (SSSR count). The lowest BCUT2D eigenvalue weighted by Crippen LogP contribution is -2.37. The highest BCUT2D eigenvalue weighted by Gasteiger charge is 2.30. The van der Waals surface area contributed by atoms with Crippen molar-refractivity contribution in [2.24, 2.45) is 0 Å². The van der Waals surface area contributed by atoms with E-state index >= 15 is 0 Å². The summed E-state index contributed by atoms with van der Waals surface area (Å²) in [5, 5.41) is 8.87. The number of Topliss-reactive ketones (excluding diaryl/α,β-unsaturated/α-hetero) is 1. The monoisotopic (exact) mass is 497 g/mol. The molecule has 1 fully saturated rings. The minimum atomic E-state index is -4.39. The third-order valence-corrected chi connectivity index (χ3v) is 6.45. The quantitative estimate of drug-likeness (QED) is 0.277. The molecule has 3 aromatic rings. The van der Waals surface area contributed by atoms with Crippen LogP contribution in [0.25, 0.3) is 5.69 Å². The van der Waals surface area contributed by atoms with E-state index in [9.17, 15) is 22.4 Å². The number of aromatic nitrogens is 4. The van der Waals surface area contributed by atoms with Crippen LogP contribution < -0.4 is 4.90 Å². The van der Waals surface area contributed by atoms with Gasteiger partial charge in [-0.1, -0.05) is 17.8 Å². The number of rotatable bonds is 7. The minimum Gasteiger partial charge on any atom is -0.378 e. The fourth-order valence-corrected chi connectivity index (χ4v) is 4.71. The zero-order chi connectivity index (χ0) is 24.5. The number of halogens is 4. The van der Waals surface area contributed by atoms with Gasteiger partial charge in [-0.2, -0.15) is 13.2 Å². The molecule has 0 saturated carbocycles. The summed E-state index contributed by atoms with van der Waals surface area (Å²) >= 11 is 1.10. The van der Waals surface area contributed by atoms with Crippen molar-refractivity contribution in [3.63, 3.8) is 0 Å². The molecular weight excluding hydrogens is 474 g/mol. The van der Waals surface area contributed by atoms with Crippen molar-refractivity contribution in [1.29, 1.82) is 0 Å². The molecule has 0 atom stereocenters. The first-order chi connectivity index (χ1) is 16.1. The molecule has 182 valence electrons. The highest BCUT2D eigenvalue weighted by Crippen LogP contribution is 2.29. The maximum absolute atomic E-state index is 14.0. The number of hydrogen-bond acceptors (Lipinski definition) is 6. The first-order valence-corrected chi connectivity index (χ1v) is 11.6. The standard InChI is InChI=1S/C22H23F4N5O2S/c1-14-10-18(15(2)30(14)13-22(24,25)26)19(32)12-34-21-28-27-20(29-6-8-33-9-7-29)31(21)17-5-3-4-16(23)11-17/h3-5,10-11H,6-9,12-13H2,1-2H3. The Bertz CT molecular complexity index is 1180. The Morgan fingerprint density at radius 1 is 1.15 bits per heavy atom. The number of ether oxygens (including phenoxy) is 1. The summed E-state index contributed by atoms with van der Waals surface area (Å²) in [5.74, 6) is -0.309. The molecule has 34 heavy (non-hydrogen) atoms. The molecular formula is C22H23F4N5O2S. The molecule has 1 aliphatic heterocycles. The minimum absolute atomic E-state index is 0.0626. The Morgan fingerprint density at radius 2 is 1.88 bits per heavy atom. The third kappa shape index (κ3) is 5.27. The molecule has 1 aromatic carbocycles. The molecule has 2 aromatic heterocycles. The number of aryl methyl sites for hydroxylation is 1. The topological polar surface area (TPSA) is 65.2 Å². The Morgan fingerprint density at radius 3 is 2.56 bits per heavy atom. The molecule has 0 radical (unpaired) electrons. The molecule has 1 saturated heterocycles. The molecule has 0 bridgehead atoms. The molecule has 0 amide bonds. The fourth-order valence-electron chi connectivity index (χ4n) is 3.88. The van der Waals surface area contributed by atoms with E-state index in [1.807, 2.05) is 4.90 Å². The molecule has 0 unspecified atom stereocenters. The summed E-state index contributed by atoms with van der Waals surface area (Å²) in [6.45, 7) is 4.10. The van der Waals surface area contributed by atoms with Gasteiger partial charge in [-0.15, -0.1) is 10.2 Å². The molecule has 3 heterocycles. The first-order valence-electron chi connectivity index (χ1n) is 10.6. The maximum atomic E-state index is 14.0. The van der Waals surface area contributed by atoms with Crippen molar-refractivity contribution >= 4 is 23.5 Å². The van der Waals surface area contributed by atoms with Crippen LogP contribution in [0.1, 0.15) is 21.7 Å². The van der Waals surface area contributed by atoms with Crippen LogP contribution in [-0.4, -0.2) is 63.3 Å². The lowest BCUT2D eigenvalue weighted by Gasteiger charge is -2.27. The lowest BCUT2D eigenvalue weighted by molar-refractivity contribution is -0.141. The fraction of sp³-hybridized carbons (Fsp3) is 0.409. The van der Waals surface area contributed by atoms with E-state index in [4.69, 9.17) is 4.74 Å². The summed E-state index contributed by atoms with van der Waals surface area (Å²) in [6.07, 6.45) is -4.39. The summed E-state index contributed by atoms with van der Waals surface area (Å²) in [5.41, 5.74) is 1.37. The van der Waals surface area contributed by atoms with Gasteiger partial charge in [0.15, 0.2) is 10.9 Å². The molecule has 0 N–H and O–H groups in total. The van der Waals surface area contributed by atoms with Crippen LogP contribution >= 0.6 is 11.8 Å². The van der Waals surface area contributed by atoms with Crippen LogP contribution in [0.15, 0.2) is 35.5 Å². The smallest absolute Gasteiger partial charge is 0.378 e. The SMILES string of the molecule is Cc1cc(C(=O)CSc2nnc(N3CCOCC3)n2-c2cccc(F)c2)c(C)n1CC(F)(F)F. The average molecular weight is 498 g/mol. The van der Waals surface area contributed by atoms with Crippen LogP contribution in [0.2, 0.25) is 0 Å².